The highest BCUT2D eigenvalue weighted by molar-refractivity contribution is 9.09. The van der Waals surface area contributed by atoms with Crippen molar-refractivity contribution in [3.8, 4) is 0 Å². The molecule has 0 amide bonds. The molecule has 0 aromatic heterocycles. The third-order valence-corrected chi connectivity index (χ3v) is 5.60. The number of carbonyl (C=O) groups excluding carboxylic acids is 1. The maximum atomic E-state index is 12.4. The molecule has 0 aliphatic carbocycles. The van der Waals surface area contributed by atoms with Gasteiger partial charge in [-0.25, -0.2) is 0 Å². The summed E-state index contributed by atoms with van der Waals surface area (Å²) in [5.41, 5.74) is 0.973. The van der Waals surface area contributed by atoms with Crippen LogP contribution in [0.15, 0.2) is 29.2 Å². The highest BCUT2D eigenvalue weighted by Crippen LogP contribution is 2.25. The Labute approximate surface area is 151 Å². The van der Waals surface area contributed by atoms with Gasteiger partial charge in [0.05, 0.1) is 17.6 Å². The molecule has 0 bridgehead atoms. The van der Waals surface area contributed by atoms with E-state index in [1.165, 1.54) is 12.1 Å². The number of halogens is 1. The first-order chi connectivity index (χ1) is 11.4. The molecule has 134 valence electrons. The highest BCUT2D eigenvalue weighted by Gasteiger charge is 2.40. The molecule has 0 saturated carbocycles. The van der Waals surface area contributed by atoms with Crippen LogP contribution < -0.4 is 0 Å². The number of likely N-dealkylation sites (tertiary alicyclic amines) is 1. The maximum Gasteiger partial charge on any atom is 0.323 e. The van der Waals surface area contributed by atoms with E-state index in [0.717, 1.165) is 5.56 Å². The molecule has 1 aliphatic heterocycles. The van der Waals surface area contributed by atoms with E-state index in [2.05, 4.69) is 15.9 Å². The molecule has 1 saturated heterocycles. The summed E-state index contributed by atoms with van der Waals surface area (Å²) in [6.07, 6.45) is -0.263. The molecule has 0 N–H and O–H groups in total. The maximum absolute atomic E-state index is 12.4. The molecular formula is C16H22BrNO5S. The minimum Gasteiger partial charge on any atom is -0.465 e. The number of hydrogen-bond acceptors (Lipinski definition) is 6. The van der Waals surface area contributed by atoms with Crippen LogP contribution in [0.2, 0.25) is 0 Å². The van der Waals surface area contributed by atoms with Crippen LogP contribution in [0.1, 0.15) is 18.9 Å². The fourth-order valence-electron chi connectivity index (χ4n) is 2.71. The van der Waals surface area contributed by atoms with Gasteiger partial charge in [0.25, 0.3) is 10.1 Å². The lowest BCUT2D eigenvalue weighted by Gasteiger charge is -2.21. The monoisotopic (exact) mass is 419 g/mol. The van der Waals surface area contributed by atoms with E-state index in [1.54, 1.807) is 19.1 Å². The van der Waals surface area contributed by atoms with Gasteiger partial charge in [0.2, 0.25) is 0 Å². The van der Waals surface area contributed by atoms with Gasteiger partial charge in [-0.05, 0) is 26.0 Å². The van der Waals surface area contributed by atoms with Crippen LogP contribution in [0.5, 0.6) is 0 Å². The van der Waals surface area contributed by atoms with Crippen molar-refractivity contribution < 1.29 is 22.1 Å². The lowest BCUT2D eigenvalue weighted by Crippen LogP contribution is -2.38. The number of hydrogen-bond donors (Lipinski definition) is 0. The Kier molecular flexibility index (Phi) is 6.79. The number of esters is 1. The van der Waals surface area contributed by atoms with Gasteiger partial charge < -0.3 is 4.74 Å². The van der Waals surface area contributed by atoms with E-state index >= 15 is 0 Å². The van der Waals surface area contributed by atoms with E-state index in [4.69, 9.17) is 8.92 Å². The van der Waals surface area contributed by atoms with Gasteiger partial charge in [-0.3, -0.25) is 13.9 Å². The summed E-state index contributed by atoms with van der Waals surface area (Å²) < 4.78 is 35.2. The van der Waals surface area contributed by atoms with Gasteiger partial charge in [-0.2, -0.15) is 8.42 Å². The Morgan fingerprint density at radius 2 is 2.00 bits per heavy atom. The molecule has 1 aromatic carbocycles. The normalized spacial score (nSPS) is 21.8. The molecule has 0 spiro atoms. The van der Waals surface area contributed by atoms with Crippen molar-refractivity contribution in [2.45, 2.75) is 37.3 Å². The molecule has 1 aromatic rings. The van der Waals surface area contributed by atoms with Crippen LogP contribution in [-0.2, 0) is 23.8 Å². The zero-order valence-corrected chi connectivity index (χ0v) is 16.2. The number of ether oxygens (including phenoxy) is 1. The third kappa shape index (κ3) is 4.78. The summed E-state index contributed by atoms with van der Waals surface area (Å²) in [5, 5.41) is 0.681. The summed E-state index contributed by atoms with van der Waals surface area (Å²) in [5.74, 6) is -0.336. The van der Waals surface area contributed by atoms with Crippen molar-refractivity contribution >= 4 is 32.0 Å². The van der Waals surface area contributed by atoms with Crippen LogP contribution in [0.4, 0.5) is 0 Å². The standard InChI is InChI=1S/C16H22BrNO5S/c1-3-22-16(19)15-10-13(11-18(15)9-8-17)23-24(20,21)14-6-4-12(2)5-7-14/h4-7,13,15H,3,8-11H2,1-2H3/t13?,15-/m0/s1. The molecule has 2 rings (SSSR count). The minimum atomic E-state index is -3.85. The summed E-state index contributed by atoms with van der Waals surface area (Å²) in [6, 6.07) is 6.03. The number of carbonyl (C=O) groups is 1. The first-order valence-corrected chi connectivity index (χ1v) is 10.4. The summed E-state index contributed by atoms with van der Waals surface area (Å²) in [6.45, 7) is 4.92. The van der Waals surface area contributed by atoms with Crippen molar-refractivity contribution in [3.63, 3.8) is 0 Å². The lowest BCUT2D eigenvalue weighted by molar-refractivity contribution is -0.148. The fraction of sp³-hybridized carbons (Fsp3) is 0.562. The Morgan fingerprint density at radius 3 is 2.58 bits per heavy atom. The van der Waals surface area contributed by atoms with Crippen molar-refractivity contribution in [1.29, 1.82) is 0 Å². The van der Waals surface area contributed by atoms with Crippen LogP contribution in [0.25, 0.3) is 0 Å². The summed E-state index contributed by atoms with van der Waals surface area (Å²) >= 11 is 3.35. The van der Waals surface area contributed by atoms with E-state index in [0.29, 0.717) is 31.4 Å². The molecule has 0 radical (unpaired) electrons. The predicted molar refractivity (Wildman–Crippen MR) is 93.6 cm³/mol. The van der Waals surface area contributed by atoms with Crippen molar-refractivity contribution in [1.82, 2.24) is 4.90 Å². The number of benzene rings is 1. The quantitative estimate of drug-likeness (QED) is 0.382. The second-order valence-corrected chi connectivity index (χ2v) is 8.04. The second-order valence-electron chi connectivity index (χ2n) is 5.67. The second kappa shape index (κ2) is 8.42. The predicted octanol–water partition coefficient (Wildman–Crippen LogP) is 2.10. The molecule has 1 heterocycles. The van der Waals surface area contributed by atoms with E-state index in [-0.39, 0.29) is 10.9 Å². The van der Waals surface area contributed by atoms with Crippen LogP contribution >= 0.6 is 15.9 Å². The van der Waals surface area contributed by atoms with Gasteiger partial charge in [-0.15, -0.1) is 0 Å². The molecular weight excluding hydrogens is 398 g/mol. The average molecular weight is 420 g/mol. The third-order valence-electron chi connectivity index (χ3n) is 3.87. The Balaban J connectivity index is 2.09. The van der Waals surface area contributed by atoms with Crippen molar-refractivity contribution in [3.05, 3.63) is 29.8 Å². The summed E-state index contributed by atoms with van der Waals surface area (Å²) in [7, 11) is -3.85. The molecule has 2 atom stereocenters. The van der Waals surface area contributed by atoms with Gasteiger partial charge in [-0.1, -0.05) is 33.6 Å². The molecule has 24 heavy (non-hydrogen) atoms. The van der Waals surface area contributed by atoms with Gasteiger partial charge in [0.15, 0.2) is 0 Å². The lowest BCUT2D eigenvalue weighted by atomic mass is 10.2. The van der Waals surface area contributed by atoms with Crippen molar-refractivity contribution in [2.75, 3.05) is 25.0 Å². The average Bonchev–Trinajstić information content (AvgIpc) is 2.90. The first kappa shape index (κ1) is 19.4. The topological polar surface area (TPSA) is 72.9 Å². The first-order valence-electron chi connectivity index (χ1n) is 7.84. The zero-order valence-electron chi connectivity index (χ0n) is 13.8. The number of aryl methyl sites for hydroxylation is 1. The molecule has 6 nitrogen and oxygen atoms in total. The molecule has 1 unspecified atom stereocenters. The van der Waals surface area contributed by atoms with E-state index in [9.17, 15) is 13.2 Å². The smallest absolute Gasteiger partial charge is 0.323 e. The molecule has 1 aliphatic rings. The van der Waals surface area contributed by atoms with Crippen LogP contribution in [0.3, 0.4) is 0 Å². The van der Waals surface area contributed by atoms with Crippen molar-refractivity contribution in [2.24, 2.45) is 0 Å². The summed E-state index contributed by atoms with van der Waals surface area (Å²) in [4.78, 5) is 14.1. The van der Waals surface area contributed by atoms with Crippen LogP contribution in [0, 0.1) is 6.92 Å². The number of rotatable bonds is 7. The molecule has 1 fully saturated rings. The molecule has 8 heteroatoms. The Hall–Kier alpha value is -0.960. The van der Waals surface area contributed by atoms with Gasteiger partial charge in [0, 0.05) is 24.8 Å². The SMILES string of the molecule is CCOC(=O)[C@@H]1CC(OS(=O)(=O)c2ccc(C)cc2)CN1CCBr. The Morgan fingerprint density at radius 1 is 1.33 bits per heavy atom. The van der Waals surface area contributed by atoms with Gasteiger partial charge in [0.1, 0.15) is 6.04 Å². The zero-order chi connectivity index (χ0) is 17.7. The van der Waals surface area contributed by atoms with E-state index in [1.807, 2.05) is 11.8 Å². The highest BCUT2D eigenvalue weighted by atomic mass is 79.9. The van der Waals surface area contributed by atoms with Crippen LogP contribution in [-0.4, -0.2) is 56.5 Å². The van der Waals surface area contributed by atoms with E-state index < -0.39 is 22.3 Å². The number of nitrogens with zero attached hydrogens (tertiary/aromatic N) is 1. The minimum absolute atomic E-state index is 0.125. The largest absolute Gasteiger partial charge is 0.465 e. The Bertz CT molecular complexity index is 662. The van der Waals surface area contributed by atoms with Gasteiger partial charge >= 0.3 is 5.97 Å². The fourth-order valence-corrected chi connectivity index (χ4v) is 4.24. The number of alkyl halides is 1.